The molecule has 4 heteroatoms. The van der Waals surface area contributed by atoms with Crippen LogP contribution in [0.4, 0.5) is 0 Å². The minimum Gasteiger partial charge on any atom is -0.465 e. The quantitative estimate of drug-likeness (QED) is 0.799. The van der Waals surface area contributed by atoms with Crippen LogP contribution in [0, 0.1) is 6.92 Å². The zero-order chi connectivity index (χ0) is 12.1. The van der Waals surface area contributed by atoms with Crippen LogP contribution in [0.2, 0.25) is 0 Å². The normalized spacial score (nSPS) is 13.4. The van der Waals surface area contributed by atoms with Crippen LogP contribution in [0.1, 0.15) is 24.0 Å². The lowest BCUT2D eigenvalue weighted by Crippen LogP contribution is -2.32. The van der Waals surface area contributed by atoms with Gasteiger partial charge in [-0.05, 0) is 27.0 Å². The average Bonchev–Trinajstić information content (AvgIpc) is 2.60. The first kappa shape index (κ1) is 13.2. The van der Waals surface area contributed by atoms with Crippen molar-refractivity contribution in [2.75, 3.05) is 20.8 Å². The van der Waals surface area contributed by atoms with Crippen molar-refractivity contribution in [2.45, 2.75) is 33.0 Å². The Morgan fingerprint density at radius 1 is 1.56 bits per heavy atom. The molecular formula is C12H22N2O2. The van der Waals surface area contributed by atoms with Gasteiger partial charge in [0.25, 0.3) is 0 Å². The predicted octanol–water partition coefficient (Wildman–Crippen LogP) is 1.51. The van der Waals surface area contributed by atoms with Gasteiger partial charge in [-0.15, -0.1) is 0 Å². The zero-order valence-electron chi connectivity index (χ0n) is 10.6. The second-order valence-corrected chi connectivity index (χ2v) is 4.22. The van der Waals surface area contributed by atoms with Crippen molar-refractivity contribution < 1.29 is 9.15 Å². The molecule has 0 radical (unpaired) electrons. The Labute approximate surface area is 97.4 Å². The Morgan fingerprint density at radius 2 is 2.25 bits per heavy atom. The van der Waals surface area contributed by atoms with Gasteiger partial charge in [0.2, 0.25) is 0 Å². The third-order valence-corrected chi connectivity index (χ3v) is 2.85. The molecule has 1 unspecified atom stereocenters. The molecule has 0 bridgehead atoms. The fraction of sp³-hybridized carbons (Fsp3) is 0.667. The second-order valence-electron chi connectivity index (χ2n) is 4.22. The highest BCUT2D eigenvalue weighted by Crippen LogP contribution is 2.16. The van der Waals surface area contributed by atoms with E-state index in [1.807, 2.05) is 13.0 Å². The van der Waals surface area contributed by atoms with Crippen LogP contribution in [0.3, 0.4) is 0 Å². The third kappa shape index (κ3) is 3.33. The molecule has 0 aliphatic heterocycles. The lowest BCUT2D eigenvalue weighted by atomic mass is 10.2. The van der Waals surface area contributed by atoms with Gasteiger partial charge >= 0.3 is 0 Å². The first-order chi connectivity index (χ1) is 7.58. The number of hydrogen-bond donors (Lipinski definition) is 1. The molecule has 1 aromatic heterocycles. The minimum atomic E-state index is 0.389. The van der Waals surface area contributed by atoms with Crippen molar-refractivity contribution in [3.63, 3.8) is 0 Å². The summed E-state index contributed by atoms with van der Waals surface area (Å²) >= 11 is 0. The molecule has 0 spiro atoms. The molecule has 0 aromatic carbocycles. The average molecular weight is 226 g/mol. The highest BCUT2D eigenvalue weighted by atomic mass is 16.5. The largest absolute Gasteiger partial charge is 0.465 e. The summed E-state index contributed by atoms with van der Waals surface area (Å²) < 4.78 is 10.7. The van der Waals surface area contributed by atoms with E-state index < -0.39 is 0 Å². The molecule has 0 saturated carbocycles. The van der Waals surface area contributed by atoms with Crippen molar-refractivity contribution in [2.24, 2.45) is 5.73 Å². The van der Waals surface area contributed by atoms with Crippen LogP contribution in [0.5, 0.6) is 0 Å². The summed E-state index contributed by atoms with van der Waals surface area (Å²) in [7, 11) is 3.80. The molecule has 0 amide bonds. The van der Waals surface area contributed by atoms with E-state index in [1.165, 1.54) is 5.56 Å². The molecule has 1 rings (SSSR count). The molecule has 0 saturated heterocycles. The van der Waals surface area contributed by atoms with Gasteiger partial charge in [-0.3, -0.25) is 4.90 Å². The molecule has 92 valence electrons. The van der Waals surface area contributed by atoms with Gasteiger partial charge in [0.05, 0.1) is 13.2 Å². The summed E-state index contributed by atoms with van der Waals surface area (Å²) in [6.07, 6.45) is 0. The number of methoxy groups -OCH3 is 1. The molecule has 0 fully saturated rings. The van der Waals surface area contributed by atoms with E-state index >= 15 is 0 Å². The molecule has 1 aromatic rings. The Bertz CT molecular complexity index is 323. The maximum absolute atomic E-state index is 5.54. The van der Waals surface area contributed by atoms with Gasteiger partial charge in [-0.25, -0.2) is 0 Å². The summed E-state index contributed by atoms with van der Waals surface area (Å²) in [5, 5.41) is 0. The second kappa shape index (κ2) is 6.03. The van der Waals surface area contributed by atoms with Crippen LogP contribution >= 0.6 is 0 Å². The van der Waals surface area contributed by atoms with Crippen molar-refractivity contribution >= 4 is 0 Å². The highest BCUT2D eigenvalue weighted by molar-refractivity contribution is 5.20. The summed E-state index contributed by atoms with van der Waals surface area (Å²) in [4.78, 5) is 2.24. The Hall–Kier alpha value is -0.840. The summed E-state index contributed by atoms with van der Waals surface area (Å²) in [6.45, 7) is 6.17. The molecule has 2 N–H and O–H groups in total. The maximum Gasteiger partial charge on any atom is 0.118 e. The van der Waals surface area contributed by atoms with Gasteiger partial charge in [0, 0.05) is 25.3 Å². The predicted molar refractivity (Wildman–Crippen MR) is 64.1 cm³/mol. The smallest absolute Gasteiger partial charge is 0.118 e. The molecule has 0 aliphatic rings. The number of ether oxygens (including phenoxy) is 1. The lowest BCUT2D eigenvalue weighted by molar-refractivity contribution is 0.111. The number of rotatable bonds is 6. The van der Waals surface area contributed by atoms with E-state index in [1.54, 1.807) is 7.11 Å². The molecule has 1 heterocycles. The minimum absolute atomic E-state index is 0.389. The number of nitrogens with zero attached hydrogens (tertiary/aromatic N) is 1. The summed E-state index contributed by atoms with van der Waals surface area (Å²) in [5.74, 6) is 1.80. The monoisotopic (exact) mass is 226 g/mol. The highest BCUT2D eigenvalue weighted by Gasteiger charge is 2.13. The SMILES string of the molecule is COCC(C)N(C)Cc1cc(CN)oc1C. The third-order valence-electron chi connectivity index (χ3n) is 2.85. The number of furan rings is 1. The Balaban J connectivity index is 2.61. The zero-order valence-corrected chi connectivity index (χ0v) is 10.6. The molecule has 4 nitrogen and oxygen atoms in total. The van der Waals surface area contributed by atoms with Gasteiger partial charge in [0.15, 0.2) is 0 Å². The molecular weight excluding hydrogens is 204 g/mol. The first-order valence-electron chi connectivity index (χ1n) is 5.56. The Kier molecular flexibility index (Phi) is 4.99. The van der Waals surface area contributed by atoms with E-state index in [-0.39, 0.29) is 0 Å². The van der Waals surface area contributed by atoms with Gasteiger partial charge in [-0.2, -0.15) is 0 Å². The first-order valence-corrected chi connectivity index (χ1v) is 5.56. The molecule has 1 atom stereocenters. The van der Waals surface area contributed by atoms with E-state index in [0.29, 0.717) is 12.6 Å². The van der Waals surface area contributed by atoms with Crippen molar-refractivity contribution in [1.82, 2.24) is 4.90 Å². The van der Waals surface area contributed by atoms with E-state index in [9.17, 15) is 0 Å². The van der Waals surface area contributed by atoms with Crippen molar-refractivity contribution in [3.05, 3.63) is 23.2 Å². The standard InChI is InChI=1S/C12H22N2O2/c1-9(8-15-4)14(3)7-11-5-12(6-13)16-10(11)2/h5,9H,6-8,13H2,1-4H3. The number of nitrogens with two attached hydrogens (primary N) is 1. The molecule has 16 heavy (non-hydrogen) atoms. The summed E-state index contributed by atoms with van der Waals surface area (Å²) in [5.41, 5.74) is 6.74. The topological polar surface area (TPSA) is 51.6 Å². The van der Waals surface area contributed by atoms with Crippen LogP contribution in [-0.4, -0.2) is 31.7 Å². The van der Waals surface area contributed by atoms with Crippen molar-refractivity contribution in [1.29, 1.82) is 0 Å². The van der Waals surface area contributed by atoms with E-state index in [0.717, 1.165) is 24.7 Å². The van der Waals surface area contributed by atoms with Crippen LogP contribution in [-0.2, 0) is 17.8 Å². The van der Waals surface area contributed by atoms with Gasteiger partial charge in [-0.1, -0.05) is 0 Å². The summed E-state index contributed by atoms with van der Waals surface area (Å²) in [6, 6.07) is 2.42. The maximum atomic E-state index is 5.54. The number of likely N-dealkylation sites (N-methyl/N-ethyl adjacent to an activating group) is 1. The fourth-order valence-corrected chi connectivity index (χ4v) is 1.64. The van der Waals surface area contributed by atoms with Crippen LogP contribution in [0.25, 0.3) is 0 Å². The van der Waals surface area contributed by atoms with Crippen LogP contribution < -0.4 is 5.73 Å². The van der Waals surface area contributed by atoms with E-state index in [4.69, 9.17) is 14.9 Å². The Morgan fingerprint density at radius 3 is 2.75 bits per heavy atom. The van der Waals surface area contributed by atoms with Crippen LogP contribution in [0.15, 0.2) is 10.5 Å². The number of aryl methyl sites for hydroxylation is 1. The lowest BCUT2D eigenvalue weighted by Gasteiger charge is -2.23. The fourth-order valence-electron chi connectivity index (χ4n) is 1.64. The van der Waals surface area contributed by atoms with Gasteiger partial charge < -0.3 is 14.9 Å². The van der Waals surface area contributed by atoms with Crippen molar-refractivity contribution in [3.8, 4) is 0 Å². The molecule has 0 aliphatic carbocycles. The number of hydrogen-bond acceptors (Lipinski definition) is 4. The van der Waals surface area contributed by atoms with E-state index in [2.05, 4.69) is 18.9 Å². The van der Waals surface area contributed by atoms with Gasteiger partial charge in [0.1, 0.15) is 11.5 Å².